The molecule has 2 N–H and O–H groups in total. The summed E-state index contributed by atoms with van der Waals surface area (Å²) in [4.78, 5) is 17.3. The van der Waals surface area contributed by atoms with E-state index in [1.807, 2.05) is 42.5 Å². The second-order valence-corrected chi connectivity index (χ2v) is 5.82. The van der Waals surface area contributed by atoms with E-state index in [0.717, 1.165) is 22.5 Å². The number of nitrogens with one attached hydrogen (secondary N) is 1. The summed E-state index contributed by atoms with van der Waals surface area (Å²) in [6.07, 6.45) is 6.18. The minimum absolute atomic E-state index is 0.0260. The lowest BCUT2D eigenvalue weighted by Crippen LogP contribution is -2.24. The van der Waals surface area contributed by atoms with E-state index in [0.29, 0.717) is 12.4 Å². The van der Waals surface area contributed by atoms with Crippen molar-refractivity contribution in [3.63, 3.8) is 0 Å². The van der Waals surface area contributed by atoms with Crippen LogP contribution in [0.25, 0.3) is 0 Å². The first-order chi connectivity index (χ1) is 12.3. The number of hydrogen-bond donors (Lipinski definition) is 2. The van der Waals surface area contributed by atoms with Gasteiger partial charge in [-0.3, -0.25) is 9.98 Å². The van der Waals surface area contributed by atoms with Crippen LogP contribution in [0.3, 0.4) is 0 Å². The minimum Gasteiger partial charge on any atom is -0.380 e. The van der Waals surface area contributed by atoms with E-state index < -0.39 is 6.10 Å². The van der Waals surface area contributed by atoms with Gasteiger partial charge in [0, 0.05) is 35.9 Å². The number of pyridine rings is 1. The highest BCUT2D eigenvalue weighted by Gasteiger charge is 2.22. The van der Waals surface area contributed by atoms with Crippen LogP contribution < -0.4 is 5.32 Å². The van der Waals surface area contributed by atoms with Crippen molar-refractivity contribution in [3.8, 4) is 0 Å². The molecule has 1 aliphatic rings. The van der Waals surface area contributed by atoms with Crippen molar-refractivity contribution in [2.24, 2.45) is 4.99 Å². The number of aromatic nitrogens is 3. The molecule has 6 nitrogen and oxygen atoms in total. The van der Waals surface area contributed by atoms with E-state index >= 15 is 0 Å². The van der Waals surface area contributed by atoms with Gasteiger partial charge in [-0.2, -0.15) is 0 Å². The lowest BCUT2D eigenvalue weighted by atomic mass is 10.1. The van der Waals surface area contributed by atoms with Gasteiger partial charge in [-0.15, -0.1) is 0 Å². The molecule has 6 heteroatoms. The Bertz CT molecular complexity index is 865. The van der Waals surface area contributed by atoms with Crippen LogP contribution in [0.1, 0.15) is 34.7 Å². The molecule has 0 saturated carbocycles. The minimum atomic E-state index is -0.825. The van der Waals surface area contributed by atoms with E-state index in [-0.39, 0.29) is 6.04 Å². The third-order valence-corrected chi connectivity index (χ3v) is 4.13. The van der Waals surface area contributed by atoms with E-state index in [4.69, 9.17) is 0 Å². The molecule has 2 aromatic heterocycles. The molecule has 0 bridgehead atoms. The number of aliphatic hydroxyl groups excluding tert-OH is 1. The number of nitrogens with zero attached hydrogens (tertiary/aromatic N) is 4. The Morgan fingerprint density at radius 2 is 1.80 bits per heavy atom. The van der Waals surface area contributed by atoms with Gasteiger partial charge >= 0.3 is 0 Å². The van der Waals surface area contributed by atoms with Crippen molar-refractivity contribution in [2.45, 2.75) is 12.1 Å². The van der Waals surface area contributed by atoms with Crippen LogP contribution in [0.4, 0.5) is 0 Å². The first kappa shape index (κ1) is 15.4. The van der Waals surface area contributed by atoms with Crippen LogP contribution in [-0.4, -0.2) is 32.4 Å². The van der Waals surface area contributed by atoms with Gasteiger partial charge in [0.05, 0.1) is 12.6 Å². The highest BCUT2D eigenvalue weighted by atomic mass is 16.3. The Kier molecular flexibility index (Phi) is 4.18. The summed E-state index contributed by atoms with van der Waals surface area (Å²) in [5, 5.41) is 13.7. The van der Waals surface area contributed by atoms with Gasteiger partial charge < -0.3 is 10.4 Å². The molecule has 25 heavy (non-hydrogen) atoms. The summed E-state index contributed by atoms with van der Waals surface area (Å²) in [5.74, 6) is 1.22. The van der Waals surface area contributed by atoms with E-state index in [1.165, 1.54) is 0 Å². The number of aliphatic imine (C=N–C) groups is 1. The molecule has 4 rings (SSSR count). The second kappa shape index (κ2) is 6.78. The number of hydrogen-bond acceptors (Lipinski definition) is 6. The zero-order valence-corrected chi connectivity index (χ0v) is 13.4. The number of benzene rings is 1. The number of amidine groups is 1. The zero-order chi connectivity index (χ0) is 17.1. The standard InChI is InChI=1S/C19H17N5O/c25-17(13-5-2-1-3-6-13)19-21-10-15(11-22-19)16-12-23-18(24-16)14-7-4-8-20-9-14/h1-11,16-17,25H,12H2,(H,23,24). The fraction of sp³-hybridized carbons (Fsp3) is 0.158. The smallest absolute Gasteiger partial charge is 0.161 e. The third kappa shape index (κ3) is 3.25. The normalized spacial score (nSPS) is 17.6. The highest BCUT2D eigenvalue weighted by molar-refractivity contribution is 5.99. The first-order valence-corrected chi connectivity index (χ1v) is 8.07. The second-order valence-electron chi connectivity index (χ2n) is 5.82. The summed E-state index contributed by atoms with van der Waals surface area (Å²) in [6, 6.07) is 13.3. The SMILES string of the molecule is OC(c1ccccc1)c1ncc(C2CN=C(c3cccnc3)N2)cn1. The Balaban J connectivity index is 1.47. The molecule has 3 heterocycles. The molecule has 3 aromatic rings. The highest BCUT2D eigenvalue weighted by Crippen LogP contribution is 2.21. The van der Waals surface area contributed by atoms with Gasteiger partial charge in [-0.1, -0.05) is 30.3 Å². The Hall–Kier alpha value is -3.12. The Morgan fingerprint density at radius 1 is 1.00 bits per heavy atom. The van der Waals surface area contributed by atoms with Crippen LogP contribution in [0.5, 0.6) is 0 Å². The summed E-state index contributed by atoms with van der Waals surface area (Å²) >= 11 is 0. The van der Waals surface area contributed by atoms with Crippen molar-refractivity contribution >= 4 is 5.84 Å². The van der Waals surface area contributed by atoms with Crippen LogP contribution in [0.15, 0.2) is 72.2 Å². The summed E-state index contributed by atoms with van der Waals surface area (Å²) in [6.45, 7) is 0.619. The Labute approximate surface area is 145 Å². The summed E-state index contributed by atoms with van der Waals surface area (Å²) < 4.78 is 0. The van der Waals surface area contributed by atoms with Gasteiger partial charge in [0.15, 0.2) is 5.82 Å². The molecule has 1 aromatic carbocycles. The molecular formula is C19H17N5O. The van der Waals surface area contributed by atoms with Gasteiger partial charge in [0.2, 0.25) is 0 Å². The predicted octanol–water partition coefficient (Wildman–Crippen LogP) is 2.04. The van der Waals surface area contributed by atoms with Crippen molar-refractivity contribution in [1.82, 2.24) is 20.3 Å². The average Bonchev–Trinajstić information content (AvgIpc) is 3.19. The molecule has 1 aliphatic heterocycles. The van der Waals surface area contributed by atoms with Crippen molar-refractivity contribution < 1.29 is 5.11 Å². The molecule has 0 spiro atoms. The van der Waals surface area contributed by atoms with E-state index in [9.17, 15) is 5.11 Å². The van der Waals surface area contributed by atoms with Crippen molar-refractivity contribution in [3.05, 3.63) is 89.8 Å². The molecule has 0 radical (unpaired) electrons. The first-order valence-electron chi connectivity index (χ1n) is 8.07. The maximum absolute atomic E-state index is 10.4. The fourth-order valence-electron chi connectivity index (χ4n) is 2.76. The average molecular weight is 331 g/mol. The van der Waals surface area contributed by atoms with Crippen molar-refractivity contribution in [1.29, 1.82) is 0 Å². The predicted molar refractivity (Wildman–Crippen MR) is 94.1 cm³/mol. The van der Waals surface area contributed by atoms with Gasteiger partial charge in [0.25, 0.3) is 0 Å². The monoisotopic (exact) mass is 331 g/mol. The van der Waals surface area contributed by atoms with Crippen LogP contribution in [0, 0.1) is 0 Å². The Morgan fingerprint density at radius 3 is 2.52 bits per heavy atom. The topological polar surface area (TPSA) is 83.3 Å². The number of aliphatic hydroxyl groups is 1. The van der Waals surface area contributed by atoms with Crippen LogP contribution in [-0.2, 0) is 0 Å². The molecule has 124 valence electrons. The summed E-state index contributed by atoms with van der Waals surface area (Å²) in [5.41, 5.74) is 2.67. The van der Waals surface area contributed by atoms with Crippen molar-refractivity contribution in [2.75, 3.05) is 6.54 Å². The molecule has 0 fully saturated rings. The quantitative estimate of drug-likeness (QED) is 0.764. The summed E-state index contributed by atoms with van der Waals surface area (Å²) in [7, 11) is 0. The van der Waals surface area contributed by atoms with Crippen LogP contribution >= 0.6 is 0 Å². The molecule has 2 unspecified atom stereocenters. The van der Waals surface area contributed by atoms with Gasteiger partial charge in [-0.25, -0.2) is 9.97 Å². The van der Waals surface area contributed by atoms with E-state index in [1.54, 1.807) is 24.8 Å². The fourth-order valence-corrected chi connectivity index (χ4v) is 2.76. The molecule has 0 saturated heterocycles. The molecule has 2 atom stereocenters. The number of rotatable bonds is 4. The van der Waals surface area contributed by atoms with E-state index in [2.05, 4.69) is 25.3 Å². The van der Waals surface area contributed by atoms with Gasteiger partial charge in [0.1, 0.15) is 11.9 Å². The molecule has 0 amide bonds. The lowest BCUT2D eigenvalue weighted by molar-refractivity contribution is 0.209. The van der Waals surface area contributed by atoms with Gasteiger partial charge in [-0.05, 0) is 17.7 Å². The van der Waals surface area contributed by atoms with Crippen LogP contribution in [0.2, 0.25) is 0 Å². The molecular weight excluding hydrogens is 314 g/mol. The lowest BCUT2D eigenvalue weighted by Gasteiger charge is -2.13. The third-order valence-electron chi connectivity index (χ3n) is 4.13. The largest absolute Gasteiger partial charge is 0.380 e. The zero-order valence-electron chi connectivity index (χ0n) is 13.4. The maximum Gasteiger partial charge on any atom is 0.161 e. The maximum atomic E-state index is 10.4. The molecule has 0 aliphatic carbocycles.